The molecule has 3 heterocycles. The molecule has 3 rings (SSSR count). The van der Waals surface area contributed by atoms with E-state index in [2.05, 4.69) is 19.9 Å². The van der Waals surface area contributed by atoms with Gasteiger partial charge in [0.15, 0.2) is 5.82 Å². The normalized spacial score (nSPS) is 30.9. The molecule has 0 aromatic rings. The fourth-order valence-electron chi connectivity index (χ4n) is 2.03. The van der Waals surface area contributed by atoms with Gasteiger partial charge in [0.2, 0.25) is 0 Å². The maximum absolute atomic E-state index is 9.88. The quantitative estimate of drug-likeness (QED) is 0.600. The third-order valence-electron chi connectivity index (χ3n) is 3.09. The van der Waals surface area contributed by atoms with Gasteiger partial charge in [-0.1, -0.05) is 0 Å². The Morgan fingerprint density at radius 2 is 1.63 bits per heavy atom. The van der Waals surface area contributed by atoms with Crippen LogP contribution in [-0.2, 0) is 4.74 Å². The van der Waals surface area contributed by atoms with E-state index in [0.29, 0.717) is 11.4 Å². The lowest BCUT2D eigenvalue weighted by Crippen LogP contribution is -2.32. The molecule has 3 N–H and O–H groups in total. The van der Waals surface area contributed by atoms with E-state index >= 15 is 0 Å². The zero-order chi connectivity index (χ0) is 13.4. The monoisotopic (exact) mass is 264 g/mol. The van der Waals surface area contributed by atoms with Gasteiger partial charge in [0.1, 0.15) is 42.1 Å². The van der Waals surface area contributed by atoms with E-state index < -0.39 is 24.4 Å². The zero-order valence-electron chi connectivity index (χ0n) is 9.79. The first-order valence-electron chi connectivity index (χ1n) is 5.76. The van der Waals surface area contributed by atoms with Crippen molar-refractivity contribution in [3.8, 4) is 11.4 Å². The van der Waals surface area contributed by atoms with Gasteiger partial charge in [0.05, 0.1) is 19.0 Å². The van der Waals surface area contributed by atoms with Crippen LogP contribution >= 0.6 is 0 Å². The molecule has 8 nitrogen and oxygen atoms in total. The third-order valence-corrected chi connectivity index (χ3v) is 3.09. The van der Waals surface area contributed by atoms with Crippen LogP contribution in [0.25, 0.3) is 11.4 Å². The van der Waals surface area contributed by atoms with Crippen LogP contribution in [0.15, 0.2) is 18.7 Å². The van der Waals surface area contributed by atoms with Crippen molar-refractivity contribution in [2.45, 2.75) is 24.4 Å². The molecule has 0 aromatic heterocycles. The third kappa shape index (κ3) is 2.04. The smallest absolute Gasteiger partial charge is 0.160 e. The van der Waals surface area contributed by atoms with Crippen molar-refractivity contribution in [1.29, 1.82) is 0 Å². The van der Waals surface area contributed by atoms with Crippen LogP contribution in [0.2, 0.25) is 0 Å². The molecule has 0 saturated carbocycles. The van der Waals surface area contributed by atoms with Crippen molar-refractivity contribution in [3.63, 3.8) is 0 Å². The molecule has 3 aliphatic rings. The van der Waals surface area contributed by atoms with Crippen molar-refractivity contribution < 1.29 is 20.1 Å². The van der Waals surface area contributed by atoms with Crippen molar-refractivity contribution in [2.75, 3.05) is 6.61 Å². The van der Waals surface area contributed by atoms with Crippen LogP contribution in [0.5, 0.6) is 0 Å². The Kier molecular flexibility index (Phi) is 3.07. The summed E-state index contributed by atoms with van der Waals surface area (Å²) in [5, 5.41) is 28.6. The molecule has 1 fully saturated rings. The molecular formula is C11H12N4O4. The summed E-state index contributed by atoms with van der Waals surface area (Å²) in [6, 6.07) is 0. The van der Waals surface area contributed by atoms with Crippen LogP contribution in [0.3, 0.4) is 0 Å². The first-order valence-corrected chi connectivity index (χ1v) is 5.76. The number of imidazole rings is 1. The summed E-state index contributed by atoms with van der Waals surface area (Å²) >= 11 is 0. The number of hydrogen-bond donors (Lipinski definition) is 3. The lowest BCUT2D eigenvalue weighted by Gasteiger charge is -2.11. The van der Waals surface area contributed by atoms with E-state index in [9.17, 15) is 10.2 Å². The molecular weight excluding hydrogens is 252 g/mol. The maximum Gasteiger partial charge on any atom is 0.160 e. The Labute approximate surface area is 108 Å². The lowest BCUT2D eigenvalue weighted by molar-refractivity contribution is -0.0252. The molecule has 0 bridgehead atoms. The highest BCUT2D eigenvalue weighted by Gasteiger charge is 2.44. The zero-order valence-corrected chi connectivity index (χ0v) is 9.79. The second-order valence-electron chi connectivity index (χ2n) is 4.28. The number of aliphatic hydroxyl groups is 3. The minimum atomic E-state index is -1.19. The lowest BCUT2D eigenvalue weighted by atomic mass is 10.1. The van der Waals surface area contributed by atoms with Gasteiger partial charge < -0.3 is 20.1 Å². The molecule has 19 heavy (non-hydrogen) atoms. The fraction of sp³-hybridized carbons (Fsp3) is 0.455. The fourth-order valence-corrected chi connectivity index (χ4v) is 2.03. The van der Waals surface area contributed by atoms with E-state index in [1.54, 1.807) is 0 Å². The Morgan fingerprint density at radius 1 is 1.00 bits per heavy atom. The molecule has 0 spiro atoms. The number of hydrogen-bond acceptors (Lipinski definition) is 8. The van der Waals surface area contributed by atoms with Gasteiger partial charge in [0.25, 0.3) is 0 Å². The summed E-state index contributed by atoms with van der Waals surface area (Å²) < 4.78 is 5.35. The molecule has 1 unspecified atom stereocenters. The summed E-state index contributed by atoms with van der Waals surface area (Å²) in [4.78, 5) is 16.1. The Morgan fingerprint density at radius 3 is 2.16 bits per heavy atom. The highest BCUT2D eigenvalue weighted by molar-refractivity contribution is 5.51. The van der Waals surface area contributed by atoms with Crippen LogP contribution in [0.4, 0.5) is 0 Å². The molecule has 4 atom stereocenters. The second kappa shape index (κ2) is 4.74. The molecule has 3 aliphatic heterocycles. The second-order valence-corrected chi connectivity index (χ2v) is 4.28. The van der Waals surface area contributed by atoms with Gasteiger partial charge in [0, 0.05) is 0 Å². The molecule has 1 saturated heterocycles. The molecule has 0 radical (unpaired) electrons. The van der Waals surface area contributed by atoms with Gasteiger partial charge in [-0.05, 0) is 0 Å². The Balaban J connectivity index is 1.94. The van der Waals surface area contributed by atoms with Gasteiger partial charge in [-0.15, -0.1) is 0 Å². The molecule has 0 aromatic carbocycles. The molecule has 0 aliphatic carbocycles. The Hall–Kier alpha value is -1.74. The topological polar surface area (TPSA) is 121 Å². The summed E-state index contributed by atoms with van der Waals surface area (Å²) in [6.07, 6.45) is 0.264. The average Bonchev–Trinajstić information content (AvgIpc) is 2.92. The number of fused-ring (bicyclic) bond motifs is 1. The first kappa shape index (κ1) is 12.3. The van der Waals surface area contributed by atoms with Crippen LogP contribution < -0.4 is 0 Å². The standard InChI is InChI=1S/C11H12N4O4/c16-3-7-8(17)9(18)10(19-7)11-12-1-5-6(2-13-11)15-4-14-5/h1-2,4,7-10,16-18H,3H2/t7-,8-,9-,10?/m1/s1. The summed E-state index contributed by atoms with van der Waals surface area (Å²) in [7, 11) is 0. The van der Waals surface area contributed by atoms with Crippen molar-refractivity contribution in [3.05, 3.63) is 24.5 Å². The molecule has 8 heteroatoms. The maximum atomic E-state index is 9.88. The highest BCUT2D eigenvalue weighted by atomic mass is 16.6. The largest absolute Gasteiger partial charge is 0.394 e. The Bertz CT molecular complexity index is 523. The van der Waals surface area contributed by atoms with Gasteiger partial charge >= 0.3 is 0 Å². The van der Waals surface area contributed by atoms with E-state index in [1.165, 1.54) is 18.7 Å². The first-order chi connectivity index (χ1) is 9.20. The van der Waals surface area contributed by atoms with E-state index in [-0.39, 0.29) is 12.4 Å². The number of rotatable bonds is 2. The average molecular weight is 264 g/mol. The summed E-state index contributed by atoms with van der Waals surface area (Å²) in [5.74, 6) is 0.210. The summed E-state index contributed by atoms with van der Waals surface area (Å²) in [6.45, 7) is -0.385. The van der Waals surface area contributed by atoms with Crippen molar-refractivity contribution in [2.24, 2.45) is 0 Å². The van der Waals surface area contributed by atoms with Gasteiger partial charge in [-0.3, -0.25) is 0 Å². The van der Waals surface area contributed by atoms with Crippen molar-refractivity contribution in [1.82, 2.24) is 19.9 Å². The minimum Gasteiger partial charge on any atom is -0.394 e. The van der Waals surface area contributed by atoms with E-state index in [0.717, 1.165) is 0 Å². The highest BCUT2D eigenvalue weighted by Crippen LogP contribution is 2.31. The predicted molar refractivity (Wildman–Crippen MR) is 61.0 cm³/mol. The van der Waals surface area contributed by atoms with Gasteiger partial charge in [-0.25, -0.2) is 19.9 Å². The molecule has 0 amide bonds. The number of ether oxygens (including phenoxy) is 1. The number of aromatic nitrogens is 4. The van der Waals surface area contributed by atoms with E-state index in [1.807, 2.05) is 0 Å². The SMILES string of the molecule is OC[C@H]1OC(c2ncc3ncnc-3cn2)[C@H](O)[C@@H]1O. The number of nitrogens with zero attached hydrogens (tertiary/aromatic N) is 4. The predicted octanol–water partition coefficient (Wildman–Crippen LogP) is -1.47. The van der Waals surface area contributed by atoms with E-state index in [4.69, 9.17) is 9.84 Å². The van der Waals surface area contributed by atoms with Gasteiger partial charge in [-0.2, -0.15) is 0 Å². The molecule has 100 valence electrons. The minimum absolute atomic E-state index is 0.210. The van der Waals surface area contributed by atoms with Crippen LogP contribution in [0, 0.1) is 0 Å². The van der Waals surface area contributed by atoms with Crippen LogP contribution in [-0.4, -0.2) is 60.2 Å². The van der Waals surface area contributed by atoms with Crippen LogP contribution in [0.1, 0.15) is 11.9 Å². The summed E-state index contributed by atoms with van der Waals surface area (Å²) in [5.41, 5.74) is 1.15. The number of aliphatic hydroxyl groups excluding tert-OH is 3. The van der Waals surface area contributed by atoms with Crippen molar-refractivity contribution >= 4 is 0 Å².